The quantitative estimate of drug-likeness (QED) is 0.0272. The average Bonchev–Trinajstić information content (AvgIpc) is 2.96. The van der Waals surface area contributed by atoms with Gasteiger partial charge >= 0.3 is 17.9 Å². The standard InChI is InChI=1S/C24H42N12O11/c25-11(3-1-5-30-23(26)27)19(43)32-9-15(37)34-13(7-17(39)40)21(45)36-12(4-2-6-31-24(28)29)20(44)33-10-16(38)35-14(22(46)47)8-18(41)42/h11-14H,1-10,25H2,(H,32,43)(H,33,44)(H,34,37)(H,35,38)(H,36,45)(H,39,40)(H,41,42)(H,46,47)(H4,26,27,30)(H4,28,29,31)/t11-,12-,13-,14-/m0/s1. The lowest BCUT2D eigenvalue weighted by Gasteiger charge is -2.22. The van der Waals surface area contributed by atoms with Crippen molar-refractivity contribution in [1.82, 2.24) is 26.6 Å². The molecular formula is C24H42N12O11. The number of rotatable bonds is 23. The molecule has 0 aliphatic heterocycles. The van der Waals surface area contributed by atoms with Crippen molar-refractivity contribution in [3.05, 3.63) is 0 Å². The van der Waals surface area contributed by atoms with Crippen molar-refractivity contribution in [3.63, 3.8) is 0 Å². The van der Waals surface area contributed by atoms with Crippen LogP contribution in [0.15, 0.2) is 9.98 Å². The summed E-state index contributed by atoms with van der Waals surface area (Å²) in [5, 5.41) is 37.8. The zero-order valence-corrected chi connectivity index (χ0v) is 25.3. The monoisotopic (exact) mass is 674 g/mol. The van der Waals surface area contributed by atoms with Gasteiger partial charge in [-0.15, -0.1) is 0 Å². The highest BCUT2D eigenvalue weighted by Gasteiger charge is 2.29. The number of guanidine groups is 2. The van der Waals surface area contributed by atoms with E-state index in [9.17, 15) is 43.5 Å². The fourth-order valence-corrected chi connectivity index (χ4v) is 3.53. The van der Waals surface area contributed by atoms with Crippen LogP contribution in [0.2, 0.25) is 0 Å². The van der Waals surface area contributed by atoms with Crippen LogP contribution < -0.4 is 55.3 Å². The first kappa shape index (κ1) is 41.3. The van der Waals surface area contributed by atoms with E-state index in [2.05, 4.69) is 31.3 Å². The summed E-state index contributed by atoms with van der Waals surface area (Å²) >= 11 is 0. The van der Waals surface area contributed by atoms with Crippen molar-refractivity contribution >= 4 is 59.4 Å². The molecule has 18 N–H and O–H groups in total. The fourth-order valence-electron chi connectivity index (χ4n) is 3.53. The Bertz CT molecular complexity index is 1200. The fraction of sp³-hybridized carbons (Fsp3) is 0.583. The lowest BCUT2D eigenvalue weighted by Crippen LogP contribution is -2.56. The molecule has 0 rings (SSSR count). The van der Waals surface area contributed by atoms with Crippen molar-refractivity contribution < 1.29 is 53.7 Å². The van der Waals surface area contributed by atoms with E-state index in [1.54, 1.807) is 0 Å². The molecule has 0 aliphatic carbocycles. The van der Waals surface area contributed by atoms with Gasteiger partial charge in [-0.3, -0.25) is 43.5 Å². The molecule has 4 atom stereocenters. The van der Waals surface area contributed by atoms with E-state index in [1.165, 1.54) is 0 Å². The van der Waals surface area contributed by atoms with Crippen LogP contribution in [-0.4, -0.2) is 125 Å². The van der Waals surface area contributed by atoms with E-state index >= 15 is 0 Å². The smallest absolute Gasteiger partial charge is 0.326 e. The Labute approximate surface area is 267 Å². The minimum absolute atomic E-state index is 0.00334. The number of nitrogens with two attached hydrogens (primary N) is 5. The van der Waals surface area contributed by atoms with Gasteiger partial charge in [0.05, 0.1) is 32.0 Å². The molecule has 47 heavy (non-hydrogen) atoms. The van der Waals surface area contributed by atoms with E-state index in [0.717, 1.165) is 0 Å². The summed E-state index contributed by atoms with van der Waals surface area (Å²) in [7, 11) is 0. The summed E-state index contributed by atoms with van der Waals surface area (Å²) in [6, 6.07) is -5.98. The number of hydrogen-bond donors (Lipinski definition) is 13. The molecule has 0 saturated heterocycles. The minimum Gasteiger partial charge on any atom is -0.481 e. The predicted molar refractivity (Wildman–Crippen MR) is 162 cm³/mol. The molecular weight excluding hydrogens is 632 g/mol. The number of nitrogens with zero attached hydrogens (tertiary/aromatic N) is 2. The summed E-state index contributed by atoms with van der Waals surface area (Å²) in [6.07, 6.45) is -1.40. The van der Waals surface area contributed by atoms with Gasteiger partial charge in [-0.1, -0.05) is 0 Å². The summed E-state index contributed by atoms with van der Waals surface area (Å²) in [5.41, 5.74) is 26.7. The number of amides is 5. The largest absolute Gasteiger partial charge is 0.481 e. The van der Waals surface area contributed by atoms with Crippen LogP contribution in [0.3, 0.4) is 0 Å². The molecule has 5 amide bonds. The van der Waals surface area contributed by atoms with Crippen molar-refractivity contribution in [2.75, 3.05) is 26.2 Å². The van der Waals surface area contributed by atoms with Gasteiger partial charge in [0.1, 0.15) is 18.1 Å². The maximum atomic E-state index is 13.0. The summed E-state index contributed by atoms with van der Waals surface area (Å²) < 4.78 is 0. The number of nitrogens with one attached hydrogen (secondary N) is 5. The third kappa shape index (κ3) is 20.0. The highest BCUT2D eigenvalue weighted by atomic mass is 16.4. The van der Waals surface area contributed by atoms with Crippen LogP contribution in [0, 0.1) is 0 Å². The van der Waals surface area contributed by atoms with Gasteiger partial charge < -0.3 is 70.6 Å². The zero-order valence-electron chi connectivity index (χ0n) is 25.3. The maximum absolute atomic E-state index is 13.0. The Morgan fingerprint density at radius 2 is 1.02 bits per heavy atom. The molecule has 23 heteroatoms. The second kappa shape index (κ2) is 21.9. The van der Waals surface area contributed by atoms with E-state index in [0.29, 0.717) is 6.42 Å². The molecule has 0 saturated carbocycles. The van der Waals surface area contributed by atoms with E-state index < -0.39 is 97.5 Å². The third-order valence-corrected chi connectivity index (χ3v) is 5.77. The third-order valence-electron chi connectivity index (χ3n) is 5.77. The Morgan fingerprint density at radius 1 is 0.574 bits per heavy atom. The topological polar surface area (TPSA) is 412 Å². The number of aliphatic carboxylic acids is 3. The SMILES string of the molecule is NC(N)=NCCC[C@H](NC(=O)[C@H](CC(=O)O)NC(=O)CNC(=O)[C@@H](N)CCCN=C(N)N)C(=O)NCC(=O)N[C@@H](CC(=O)O)C(=O)O. The Hall–Kier alpha value is -5.74. The van der Waals surface area contributed by atoms with Crippen LogP contribution >= 0.6 is 0 Å². The molecule has 0 aromatic carbocycles. The second-order valence-corrected chi connectivity index (χ2v) is 9.78. The summed E-state index contributed by atoms with van der Waals surface area (Å²) in [4.78, 5) is 104. The summed E-state index contributed by atoms with van der Waals surface area (Å²) in [6.45, 7) is -1.29. The summed E-state index contributed by atoms with van der Waals surface area (Å²) in [5.74, 6) is -9.89. The number of carbonyl (C=O) groups is 8. The molecule has 0 unspecified atom stereocenters. The Kier molecular flexibility index (Phi) is 19.2. The average molecular weight is 675 g/mol. The van der Waals surface area contributed by atoms with Crippen LogP contribution in [0.1, 0.15) is 38.5 Å². The highest BCUT2D eigenvalue weighted by Crippen LogP contribution is 2.03. The van der Waals surface area contributed by atoms with Crippen LogP contribution in [-0.2, 0) is 38.4 Å². The lowest BCUT2D eigenvalue weighted by atomic mass is 10.1. The predicted octanol–water partition coefficient (Wildman–Crippen LogP) is -6.86. The van der Waals surface area contributed by atoms with Crippen LogP contribution in [0.25, 0.3) is 0 Å². The normalized spacial score (nSPS) is 12.9. The van der Waals surface area contributed by atoms with Crippen molar-refractivity contribution in [2.24, 2.45) is 38.7 Å². The second-order valence-electron chi connectivity index (χ2n) is 9.78. The van der Waals surface area contributed by atoms with Gasteiger partial charge in [-0.25, -0.2) is 4.79 Å². The van der Waals surface area contributed by atoms with E-state index in [4.69, 9.17) is 38.9 Å². The number of carboxylic acid groups (broad SMARTS) is 3. The van der Waals surface area contributed by atoms with Gasteiger partial charge in [-0.05, 0) is 25.7 Å². The first-order valence-electron chi connectivity index (χ1n) is 13.9. The van der Waals surface area contributed by atoms with Crippen LogP contribution in [0.4, 0.5) is 0 Å². The van der Waals surface area contributed by atoms with Crippen LogP contribution in [0.5, 0.6) is 0 Å². The molecule has 23 nitrogen and oxygen atoms in total. The first-order chi connectivity index (χ1) is 21.9. The van der Waals surface area contributed by atoms with Crippen molar-refractivity contribution in [2.45, 2.75) is 62.7 Å². The molecule has 0 fully saturated rings. The Morgan fingerprint density at radius 3 is 1.49 bits per heavy atom. The molecule has 0 aromatic heterocycles. The van der Waals surface area contributed by atoms with Gasteiger partial charge in [0.2, 0.25) is 29.5 Å². The van der Waals surface area contributed by atoms with E-state index in [-0.39, 0.29) is 44.3 Å². The molecule has 0 radical (unpaired) electrons. The van der Waals surface area contributed by atoms with Gasteiger partial charge in [0.15, 0.2) is 11.9 Å². The van der Waals surface area contributed by atoms with Gasteiger partial charge in [0.25, 0.3) is 0 Å². The van der Waals surface area contributed by atoms with E-state index in [1.807, 2.05) is 5.32 Å². The molecule has 264 valence electrons. The van der Waals surface area contributed by atoms with Gasteiger partial charge in [-0.2, -0.15) is 0 Å². The lowest BCUT2D eigenvalue weighted by molar-refractivity contribution is -0.147. The molecule has 0 heterocycles. The molecule has 0 spiro atoms. The number of carboxylic acids is 3. The molecule has 0 aliphatic rings. The highest BCUT2D eigenvalue weighted by molar-refractivity contribution is 5.96. The number of hydrogen-bond acceptors (Lipinski definition) is 11. The minimum atomic E-state index is -1.79. The first-order valence-corrected chi connectivity index (χ1v) is 13.9. The van der Waals surface area contributed by atoms with Gasteiger partial charge in [0, 0.05) is 13.1 Å². The van der Waals surface area contributed by atoms with Crippen molar-refractivity contribution in [3.8, 4) is 0 Å². The maximum Gasteiger partial charge on any atom is 0.326 e. The molecule has 0 bridgehead atoms. The number of aliphatic imine (C=N–C) groups is 2. The Balaban J connectivity index is 5.44. The molecule has 0 aromatic rings. The number of carbonyl (C=O) groups excluding carboxylic acids is 5. The van der Waals surface area contributed by atoms with Crippen molar-refractivity contribution in [1.29, 1.82) is 0 Å². The zero-order chi connectivity index (χ0) is 36.1.